The van der Waals surface area contributed by atoms with E-state index in [9.17, 15) is 0 Å². The van der Waals surface area contributed by atoms with Crippen LogP contribution in [0.5, 0.6) is 0 Å². The van der Waals surface area contributed by atoms with Crippen LogP contribution in [0.1, 0.15) is 32.6 Å². The summed E-state index contributed by atoms with van der Waals surface area (Å²) >= 11 is 0. The molecule has 0 atom stereocenters. The minimum Gasteiger partial charge on any atom is -0.356 e. The summed E-state index contributed by atoms with van der Waals surface area (Å²) in [7, 11) is 4.12. The van der Waals surface area contributed by atoms with Crippen molar-refractivity contribution < 1.29 is 0 Å². The first-order valence-electron chi connectivity index (χ1n) is 9.05. The summed E-state index contributed by atoms with van der Waals surface area (Å²) in [5, 5.41) is 3.55. The molecule has 1 N–H and O–H groups in total. The van der Waals surface area contributed by atoms with E-state index in [4.69, 9.17) is 0 Å². The minimum absolute atomic E-state index is 0. The van der Waals surface area contributed by atoms with E-state index in [2.05, 4.69) is 39.0 Å². The average Bonchev–Trinajstić information content (AvgIpc) is 2.54. The maximum Gasteiger partial charge on any atom is 0.193 e. The van der Waals surface area contributed by atoms with Gasteiger partial charge in [0.05, 0.1) is 0 Å². The van der Waals surface area contributed by atoms with Crippen molar-refractivity contribution in [2.75, 3.05) is 66.5 Å². The first-order chi connectivity index (χ1) is 10.7. The number of piperidine rings is 1. The van der Waals surface area contributed by atoms with Gasteiger partial charge in [0.1, 0.15) is 0 Å². The molecule has 2 saturated heterocycles. The van der Waals surface area contributed by atoms with Gasteiger partial charge in [0, 0.05) is 52.9 Å². The molecule has 0 bridgehead atoms. The molecule has 2 aliphatic heterocycles. The number of likely N-dealkylation sites (N-methyl/N-ethyl adjacent to an activating group) is 1. The third-order valence-corrected chi connectivity index (χ3v) is 5.08. The fourth-order valence-corrected chi connectivity index (χ4v) is 3.28. The number of unbranched alkanes of at least 4 members (excludes halogenated alkanes) is 1. The third kappa shape index (κ3) is 7.56. The monoisotopic (exact) mass is 437 g/mol. The van der Waals surface area contributed by atoms with E-state index in [1.807, 2.05) is 7.05 Å². The summed E-state index contributed by atoms with van der Waals surface area (Å²) in [5.41, 5.74) is 0. The predicted octanol–water partition coefficient (Wildman–Crippen LogP) is 1.94. The van der Waals surface area contributed by atoms with Crippen LogP contribution in [0.25, 0.3) is 0 Å². The molecule has 6 heteroatoms. The Kier molecular flexibility index (Phi) is 10.5. The highest BCUT2D eigenvalue weighted by Gasteiger charge is 2.18. The lowest BCUT2D eigenvalue weighted by Gasteiger charge is -2.33. The lowest BCUT2D eigenvalue weighted by molar-refractivity contribution is 0.152. The van der Waals surface area contributed by atoms with Crippen molar-refractivity contribution in [2.45, 2.75) is 32.6 Å². The van der Waals surface area contributed by atoms with Crippen LogP contribution >= 0.6 is 24.0 Å². The molecule has 2 aliphatic rings. The van der Waals surface area contributed by atoms with E-state index in [1.54, 1.807) is 0 Å². The Labute approximate surface area is 159 Å². The zero-order valence-electron chi connectivity index (χ0n) is 15.3. The first-order valence-corrected chi connectivity index (χ1v) is 9.05. The van der Waals surface area contributed by atoms with Crippen LogP contribution < -0.4 is 5.32 Å². The van der Waals surface area contributed by atoms with Gasteiger partial charge in [-0.1, -0.05) is 6.92 Å². The summed E-state index contributed by atoms with van der Waals surface area (Å²) < 4.78 is 0. The Morgan fingerprint density at radius 3 is 2.30 bits per heavy atom. The van der Waals surface area contributed by atoms with Crippen molar-refractivity contribution in [3.05, 3.63) is 0 Å². The molecule has 23 heavy (non-hydrogen) atoms. The molecule has 136 valence electrons. The number of aliphatic imine (C=N–C) groups is 1. The van der Waals surface area contributed by atoms with Gasteiger partial charge in [-0.05, 0) is 45.2 Å². The van der Waals surface area contributed by atoms with Crippen molar-refractivity contribution in [1.82, 2.24) is 20.0 Å². The molecule has 2 fully saturated rings. The van der Waals surface area contributed by atoms with Crippen molar-refractivity contribution in [3.63, 3.8) is 0 Å². The maximum absolute atomic E-state index is 4.45. The molecule has 0 saturated carbocycles. The van der Waals surface area contributed by atoms with Crippen LogP contribution in [-0.2, 0) is 0 Å². The van der Waals surface area contributed by atoms with Crippen molar-refractivity contribution in [2.24, 2.45) is 10.9 Å². The second kappa shape index (κ2) is 11.5. The molecule has 5 nitrogen and oxygen atoms in total. The van der Waals surface area contributed by atoms with Gasteiger partial charge < -0.3 is 20.0 Å². The van der Waals surface area contributed by atoms with Crippen molar-refractivity contribution >= 4 is 29.9 Å². The summed E-state index contributed by atoms with van der Waals surface area (Å²) in [6, 6.07) is 0. The first kappa shape index (κ1) is 21.0. The zero-order chi connectivity index (χ0) is 15.8. The molecule has 0 aromatic heterocycles. The fraction of sp³-hybridized carbons (Fsp3) is 0.941. The number of nitrogens with zero attached hydrogens (tertiary/aromatic N) is 4. The van der Waals surface area contributed by atoms with Crippen LogP contribution in [0.2, 0.25) is 0 Å². The van der Waals surface area contributed by atoms with Gasteiger partial charge in [-0.25, -0.2) is 0 Å². The number of likely N-dealkylation sites (tertiary alicyclic amines) is 1. The van der Waals surface area contributed by atoms with Crippen LogP contribution in [0.15, 0.2) is 4.99 Å². The van der Waals surface area contributed by atoms with Gasteiger partial charge in [0.2, 0.25) is 0 Å². The molecule has 2 heterocycles. The Hall–Kier alpha value is -0.0800. The lowest BCUT2D eigenvalue weighted by atomic mass is 10.00. The summed E-state index contributed by atoms with van der Waals surface area (Å²) in [6.45, 7) is 11.9. The van der Waals surface area contributed by atoms with Gasteiger partial charge in [0.15, 0.2) is 5.96 Å². The Morgan fingerprint density at radius 2 is 1.70 bits per heavy atom. The Morgan fingerprint density at radius 1 is 1.04 bits per heavy atom. The summed E-state index contributed by atoms with van der Waals surface area (Å²) in [5.74, 6) is 1.98. The number of hydrogen-bond acceptors (Lipinski definition) is 3. The quantitative estimate of drug-likeness (QED) is 0.309. The molecule has 0 spiro atoms. The number of hydrogen-bond donors (Lipinski definition) is 1. The normalized spacial score (nSPS) is 22.0. The van der Waals surface area contributed by atoms with Crippen LogP contribution in [0.3, 0.4) is 0 Å². The Bertz CT molecular complexity index is 334. The van der Waals surface area contributed by atoms with Crippen LogP contribution in [-0.4, -0.2) is 87.1 Å². The van der Waals surface area contributed by atoms with E-state index < -0.39 is 0 Å². The van der Waals surface area contributed by atoms with E-state index in [-0.39, 0.29) is 24.0 Å². The molecule has 2 rings (SSSR count). The van der Waals surface area contributed by atoms with E-state index in [1.165, 1.54) is 58.4 Å². The van der Waals surface area contributed by atoms with Crippen LogP contribution in [0.4, 0.5) is 0 Å². The van der Waals surface area contributed by atoms with Crippen LogP contribution in [0, 0.1) is 5.92 Å². The smallest absolute Gasteiger partial charge is 0.193 e. The van der Waals surface area contributed by atoms with E-state index in [0.29, 0.717) is 0 Å². The summed E-state index contributed by atoms with van der Waals surface area (Å²) in [4.78, 5) is 11.9. The zero-order valence-corrected chi connectivity index (χ0v) is 17.6. The SMILES string of the molecule is CN=C(NCCCCN1CCN(C)CC1)N1CCC(C)CC1.I. The number of halogens is 1. The second-order valence-corrected chi connectivity index (χ2v) is 7.00. The van der Waals surface area contributed by atoms with Gasteiger partial charge in [-0.3, -0.25) is 4.99 Å². The fourth-order valence-electron chi connectivity index (χ4n) is 3.28. The largest absolute Gasteiger partial charge is 0.356 e. The van der Waals surface area contributed by atoms with Gasteiger partial charge >= 0.3 is 0 Å². The highest BCUT2D eigenvalue weighted by Crippen LogP contribution is 2.15. The molecule has 0 amide bonds. The third-order valence-electron chi connectivity index (χ3n) is 5.08. The second-order valence-electron chi connectivity index (χ2n) is 7.00. The molecule has 0 radical (unpaired) electrons. The molecular formula is C17H36IN5. The lowest BCUT2D eigenvalue weighted by Crippen LogP contribution is -2.46. The number of guanidine groups is 1. The highest BCUT2D eigenvalue weighted by molar-refractivity contribution is 14.0. The van der Waals surface area contributed by atoms with Gasteiger partial charge in [0.25, 0.3) is 0 Å². The average molecular weight is 437 g/mol. The molecular weight excluding hydrogens is 401 g/mol. The van der Waals surface area contributed by atoms with E-state index >= 15 is 0 Å². The standard InChI is InChI=1S/C17H35N5.HI/c1-16-6-10-22(11-7-16)17(18-2)19-8-4-5-9-21-14-12-20(3)13-15-21;/h16H,4-15H2,1-3H3,(H,18,19);1H. The molecule has 0 aromatic carbocycles. The predicted molar refractivity (Wildman–Crippen MR) is 110 cm³/mol. The molecule has 0 unspecified atom stereocenters. The number of rotatable bonds is 5. The number of piperazine rings is 1. The van der Waals surface area contributed by atoms with E-state index in [0.717, 1.165) is 31.5 Å². The summed E-state index contributed by atoms with van der Waals surface area (Å²) in [6.07, 6.45) is 5.11. The topological polar surface area (TPSA) is 34.1 Å². The Balaban J connectivity index is 0.00000264. The van der Waals surface area contributed by atoms with Crippen molar-refractivity contribution in [1.29, 1.82) is 0 Å². The maximum atomic E-state index is 4.45. The minimum atomic E-state index is 0. The van der Waals surface area contributed by atoms with Gasteiger partial charge in [-0.2, -0.15) is 0 Å². The molecule has 0 aliphatic carbocycles. The van der Waals surface area contributed by atoms with Gasteiger partial charge in [-0.15, -0.1) is 24.0 Å². The molecule has 0 aromatic rings. The van der Waals surface area contributed by atoms with Crippen molar-refractivity contribution in [3.8, 4) is 0 Å². The highest BCUT2D eigenvalue weighted by atomic mass is 127. The number of nitrogens with one attached hydrogen (secondary N) is 1.